The minimum Gasteiger partial charge on any atom is -0.441 e. The van der Waals surface area contributed by atoms with E-state index < -0.39 is 6.04 Å². The maximum Gasteiger partial charge on any atom is 0.255 e. The Morgan fingerprint density at radius 3 is 2.89 bits per heavy atom. The Morgan fingerprint density at radius 1 is 1.50 bits per heavy atom. The van der Waals surface area contributed by atoms with Crippen LogP contribution in [0.1, 0.15) is 17.5 Å². The van der Waals surface area contributed by atoms with E-state index in [1.165, 1.54) is 0 Å². The van der Waals surface area contributed by atoms with Crippen LogP contribution in [-0.2, 0) is 4.79 Å². The number of carbonyl (C=O) groups is 1. The van der Waals surface area contributed by atoms with Crippen molar-refractivity contribution >= 4 is 17.0 Å². The minimum atomic E-state index is -0.728. The van der Waals surface area contributed by atoms with Crippen molar-refractivity contribution in [3.8, 4) is 0 Å². The first-order valence-corrected chi connectivity index (χ1v) is 5.58. The zero-order chi connectivity index (χ0) is 13.3. The van der Waals surface area contributed by atoms with Gasteiger partial charge in [-0.15, -0.1) is 0 Å². The molecule has 2 aromatic rings. The highest BCUT2D eigenvalue weighted by atomic mass is 16.3. The molecule has 6 nitrogen and oxygen atoms in total. The van der Waals surface area contributed by atoms with Gasteiger partial charge in [-0.2, -0.15) is 0 Å². The first-order valence-electron chi connectivity index (χ1n) is 5.58. The summed E-state index contributed by atoms with van der Waals surface area (Å²) in [7, 11) is 3.46. The number of benzene rings is 1. The van der Waals surface area contributed by atoms with Gasteiger partial charge in [0.1, 0.15) is 11.6 Å². The standard InChI is InChI=1S/C12H16N4O2/c1-7-14-9-6-8(4-5-10(9)18-7)11(13)12(17)15-16(2)3/h4-6,11H,13H2,1-3H3,(H,15,17). The second-order valence-corrected chi connectivity index (χ2v) is 4.31. The molecule has 0 aliphatic heterocycles. The lowest BCUT2D eigenvalue weighted by atomic mass is 10.1. The van der Waals surface area contributed by atoms with Gasteiger partial charge >= 0.3 is 0 Å². The third-order valence-corrected chi connectivity index (χ3v) is 2.49. The van der Waals surface area contributed by atoms with Gasteiger partial charge in [-0.25, -0.2) is 9.99 Å². The summed E-state index contributed by atoms with van der Waals surface area (Å²) in [5, 5.41) is 1.56. The van der Waals surface area contributed by atoms with Gasteiger partial charge in [0.2, 0.25) is 0 Å². The minimum absolute atomic E-state index is 0.264. The number of hydrogen-bond acceptors (Lipinski definition) is 5. The molecule has 6 heteroatoms. The Kier molecular flexibility index (Phi) is 3.31. The van der Waals surface area contributed by atoms with Crippen LogP contribution in [0.25, 0.3) is 11.1 Å². The molecule has 2 rings (SSSR count). The van der Waals surface area contributed by atoms with Gasteiger partial charge in [0.05, 0.1) is 0 Å². The highest BCUT2D eigenvalue weighted by Crippen LogP contribution is 2.20. The summed E-state index contributed by atoms with van der Waals surface area (Å²) < 4.78 is 5.37. The fourth-order valence-corrected chi connectivity index (χ4v) is 1.69. The third-order valence-electron chi connectivity index (χ3n) is 2.49. The normalized spacial score (nSPS) is 12.9. The van der Waals surface area contributed by atoms with E-state index in [1.807, 2.05) is 0 Å². The van der Waals surface area contributed by atoms with Crippen LogP contribution in [0.3, 0.4) is 0 Å². The maximum atomic E-state index is 11.8. The van der Waals surface area contributed by atoms with Crippen molar-refractivity contribution in [2.45, 2.75) is 13.0 Å². The predicted molar refractivity (Wildman–Crippen MR) is 67.5 cm³/mol. The molecule has 1 aromatic carbocycles. The third kappa shape index (κ3) is 2.49. The van der Waals surface area contributed by atoms with E-state index >= 15 is 0 Å². The van der Waals surface area contributed by atoms with Crippen molar-refractivity contribution in [3.05, 3.63) is 29.7 Å². The summed E-state index contributed by atoms with van der Waals surface area (Å²) in [4.78, 5) is 16.0. The molecule has 0 bridgehead atoms. The fourth-order valence-electron chi connectivity index (χ4n) is 1.69. The zero-order valence-corrected chi connectivity index (χ0v) is 10.6. The lowest BCUT2D eigenvalue weighted by Crippen LogP contribution is -2.41. The van der Waals surface area contributed by atoms with Gasteiger partial charge < -0.3 is 10.2 Å². The molecule has 1 heterocycles. The lowest BCUT2D eigenvalue weighted by Gasteiger charge is -2.16. The quantitative estimate of drug-likeness (QED) is 0.782. The predicted octanol–water partition coefficient (Wildman–Crippen LogP) is 0.729. The van der Waals surface area contributed by atoms with E-state index in [1.54, 1.807) is 44.2 Å². The van der Waals surface area contributed by atoms with Crippen LogP contribution in [0.4, 0.5) is 0 Å². The van der Waals surface area contributed by atoms with Crippen LogP contribution in [0.5, 0.6) is 0 Å². The second-order valence-electron chi connectivity index (χ2n) is 4.31. The number of oxazole rings is 1. The summed E-state index contributed by atoms with van der Waals surface area (Å²) in [5.41, 5.74) is 10.6. The number of aromatic nitrogens is 1. The number of fused-ring (bicyclic) bond motifs is 1. The van der Waals surface area contributed by atoms with Crippen LogP contribution >= 0.6 is 0 Å². The van der Waals surface area contributed by atoms with Crippen LogP contribution in [-0.4, -0.2) is 30.0 Å². The number of nitrogens with two attached hydrogens (primary N) is 1. The van der Waals surface area contributed by atoms with E-state index in [0.717, 1.165) is 0 Å². The van der Waals surface area contributed by atoms with E-state index in [-0.39, 0.29) is 5.91 Å². The molecule has 0 fully saturated rings. The number of rotatable bonds is 3. The largest absolute Gasteiger partial charge is 0.441 e. The maximum absolute atomic E-state index is 11.8. The SMILES string of the molecule is Cc1nc2cc(C(N)C(=O)NN(C)C)ccc2o1. The molecule has 0 radical (unpaired) electrons. The average Bonchev–Trinajstić information content (AvgIpc) is 2.65. The van der Waals surface area contributed by atoms with Crippen molar-refractivity contribution in [2.75, 3.05) is 14.1 Å². The van der Waals surface area contributed by atoms with E-state index in [2.05, 4.69) is 10.4 Å². The molecule has 0 aliphatic rings. The van der Waals surface area contributed by atoms with Crippen molar-refractivity contribution in [1.82, 2.24) is 15.4 Å². The first kappa shape index (κ1) is 12.5. The van der Waals surface area contributed by atoms with Gasteiger partial charge in [0, 0.05) is 21.0 Å². The number of carbonyl (C=O) groups excluding carboxylic acids is 1. The summed E-state index contributed by atoms with van der Waals surface area (Å²) in [6.45, 7) is 1.78. The van der Waals surface area contributed by atoms with Crippen molar-refractivity contribution < 1.29 is 9.21 Å². The second kappa shape index (κ2) is 4.75. The summed E-state index contributed by atoms with van der Waals surface area (Å²) in [5.74, 6) is 0.327. The molecule has 0 spiro atoms. The monoisotopic (exact) mass is 248 g/mol. The molecule has 1 atom stereocenters. The summed E-state index contributed by atoms with van der Waals surface area (Å²) >= 11 is 0. The lowest BCUT2D eigenvalue weighted by molar-refractivity contribution is -0.126. The molecule has 0 saturated carbocycles. The number of nitrogens with zero attached hydrogens (tertiary/aromatic N) is 2. The van der Waals surface area contributed by atoms with Gasteiger partial charge in [0.15, 0.2) is 11.5 Å². The number of hydrogen-bond donors (Lipinski definition) is 2. The number of hydrazine groups is 1. The highest BCUT2D eigenvalue weighted by molar-refractivity contribution is 5.84. The Hall–Kier alpha value is -1.92. The Labute approximate surface area is 105 Å². The van der Waals surface area contributed by atoms with Crippen molar-refractivity contribution in [2.24, 2.45) is 5.73 Å². The molecule has 18 heavy (non-hydrogen) atoms. The first-order chi connectivity index (χ1) is 8.47. The fraction of sp³-hybridized carbons (Fsp3) is 0.333. The van der Waals surface area contributed by atoms with Crippen molar-refractivity contribution in [1.29, 1.82) is 0 Å². The summed E-state index contributed by atoms with van der Waals surface area (Å²) in [6, 6.07) is 4.58. The molecular formula is C12H16N4O2. The molecule has 0 saturated heterocycles. The van der Waals surface area contributed by atoms with Crippen LogP contribution < -0.4 is 11.2 Å². The van der Waals surface area contributed by atoms with Crippen molar-refractivity contribution in [3.63, 3.8) is 0 Å². The molecule has 1 amide bonds. The molecule has 1 unspecified atom stereocenters. The Bertz CT molecular complexity index is 576. The Balaban J connectivity index is 2.27. The molecular weight excluding hydrogens is 232 g/mol. The molecule has 0 aliphatic carbocycles. The highest BCUT2D eigenvalue weighted by Gasteiger charge is 2.17. The van der Waals surface area contributed by atoms with Gasteiger partial charge in [-0.05, 0) is 17.7 Å². The molecule has 1 aromatic heterocycles. The Morgan fingerprint density at radius 2 is 2.22 bits per heavy atom. The van der Waals surface area contributed by atoms with Gasteiger partial charge in [0.25, 0.3) is 5.91 Å². The van der Waals surface area contributed by atoms with Crippen LogP contribution in [0.15, 0.2) is 22.6 Å². The summed E-state index contributed by atoms with van der Waals surface area (Å²) in [6.07, 6.45) is 0. The van der Waals surface area contributed by atoms with Gasteiger partial charge in [-0.3, -0.25) is 10.2 Å². The zero-order valence-electron chi connectivity index (χ0n) is 10.6. The average molecular weight is 248 g/mol. The molecule has 96 valence electrons. The van der Waals surface area contributed by atoms with Gasteiger partial charge in [-0.1, -0.05) is 6.07 Å². The number of nitrogens with one attached hydrogen (secondary N) is 1. The van der Waals surface area contributed by atoms with Crippen LogP contribution in [0, 0.1) is 6.92 Å². The topological polar surface area (TPSA) is 84.4 Å². The number of aryl methyl sites for hydroxylation is 1. The van der Waals surface area contributed by atoms with E-state index in [9.17, 15) is 4.79 Å². The number of amides is 1. The smallest absolute Gasteiger partial charge is 0.255 e. The van der Waals surface area contributed by atoms with Crippen LogP contribution in [0.2, 0.25) is 0 Å². The van der Waals surface area contributed by atoms with E-state index in [0.29, 0.717) is 22.6 Å². The van der Waals surface area contributed by atoms with E-state index in [4.69, 9.17) is 10.2 Å². The molecule has 3 N–H and O–H groups in total.